The molecular weight excluding hydrogens is 526 g/mol. The first kappa shape index (κ1) is 27.3. The molecule has 0 atom stereocenters. The highest BCUT2D eigenvalue weighted by Gasteiger charge is 2.36. The number of amides is 4. The van der Waals surface area contributed by atoms with Crippen LogP contribution >= 0.6 is 11.6 Å². The Hall–Kier alpha value is -4.70. The van der Waals surface area contributed by atoms with Crippen molar-refractivity contribution in [3.8, 4) is 11.5 Å². The van der Waals surface area contributed by atoms with Crippen LogP contribution in [0.1, 0.15) is 30.5 Å². The minimum absolute atomic E-state index is 0.0382. The van der Waals surface area contributed by atoms with Crippen molar-refractivity contribution in [3.63, 3.8) is 0 Å². The lowest BCUT2D eigenvalue weighted by molar-refractivity contribution is -0.384. The number of aryl methyl sites for hydroxylation is 1. The number of carbonyl (C=O) groups excluding carboxylic acids is 3. The number of halogens is 1. The number of barbiturate groups is 1. The number of hydrogen-bond donors (Lipinski definition) is 1. The van der Waals surface area contributed by atoms with Crippen molar-refractivity contribution in [2.75, 3.05) is 11.5 Å². The Kier molecular flexibility index (Phi) is 8.26. The van der Waals surface area contributed by atoms with Crippen LogP contribution in [0, 0.1) is 10.1 Å². The predicted octanol–water partition coefficient (Wildman–Crippen LogP) is 5.45. The number of nitro benzene ring substituents is 1. The number of hydrogen-bond acceptors (Lipinski definition) is 7. The minimum atomic E-state index is -0.838. The number of anilines is 1. The third kappa shape index (κ3) is 6.07. The van der Waals surface area contributed by atoms with E-state index in [1.165, 1.54) is 24.3 Å². The van der Waals surface area contributed by atoms with Gasteiger partial charge in [0.1, 0.15) is 12.2 Å². The monoisotopic (exact) mass is 549 g/mol. The Morgan fingerprint density at radius 3 is 2.26 bits per heavy atom. The van der Waals surface area contributed by atoms with Gasteiger partial charge in [-0.05, 0) is 72.5 Å². The molecule has 11 heteroatoms. The second-order valence-electron chi connectivity index (χ2n) is 8.45. The molecule has 0 unspecified atom stereocenters. The van der Waals surface area contributed by atoms with E-state index in [1.54, 1.807) is 49.4 Å². The summed E-state index contributed by atoms with van der Waals surface area (Å²) in [6.45, 7) is 4.10. The van der Waals surface area contributed by atoms with Gasteiger partial charge in [-0.25, -0.2) is 9.69 Å². The van der Waals surface area contributed by atoms with Crippen molar-refractivity contribution in [2.24, 2.45) is 0 Å². The van der Waals surface area contributed by atoms with Crippen molar-refractivity contribution in [1.82, 2.24) is 5.32 Å². The van der Waals surface area contributed by atoms with Crippen LogP contribution in [-0.2, 0) is 22.6 Å². The largest absolute Gasteiger partial charge is 0.490 e. The maximum absolute atomic E-state index is 13.2. The van der Waals surface area contributed by atoms with Gasteiger partial charge in [0.25, 0.3) is 17.5 Å². The second kappa shape index (κ2) is 11.8. The van der Waals surface area contributed by atoms with Crippen LogP contribution in [0.2, 0.25) is 5.02 Å². The van der Waals surface area contributed by atoms with Crippen LogP contribution in [0.15, 0.2) is 66.2 Å². The summed E-state index contributed by atoms with van der Waals surface area (Å²) in [5.41, 5.74) is 2.11. The van der Waals surface area contributed by atoms with Gasteiger partial charge in [0.2, 0.25) is 0 Å². The van der Waals surface area contributed by atoms with Crippen molar-refractivity contribution in [1.29, 1.82) is 0 Å². The fraction of sp³-hybridized carbons (Fsp3) is 0.179. The molecule has 1 aliphatic rings. The van der Waals surface area contributed by atoms with Gasteiger partial charge < -0.3 is 9.47 Å². The number of imide groups is 2. The molecule has 10 nitrogen and oxygen atoms in total. The van der Waals surface area contributed by atoms with Gasteiger partial charge in [-0.1, -0.05) is 30.7 Å². The molecule has 1 saturated heterocycles. The minimum Gasteiger partial charge on any atom is -0.490 e. The first-order chi connectivity index (χ1) is 18.7. The van der Waals surface area contributed by atoms with Crippen LogP contribution in [0.4, 0.5) is 16.2 Å². The van der Waals surface area contributed by atoms with Crippen LogP contribution in [0.5, 0.6) is 11.5 Å². The Morgan fingerprint density at radius 1 is 0.974 bits per heavy atom. The molecule has 0 saturated carbocycles. The maximum atomic E-state index is 13.2. The van der Waals surface area contributed by atoms with E-state index in [0.29, 0.717) is 16.8 Å². The summed E-state index contributed by atoms with van der Waals surface area (Å²) >= 11 is 6.50. The highest BCUT2D eigenvalue weighted by atomic mass is 35.5. The number of non-ortho nitro benzene ring substituents is 1. The quantitative estimate of drug-likeness (QED) is 0.162. The van der Waals surface area contributed by atoms with E-state index in [0.717, 1.165) is 16.9 Å². The van der Waals surface area contributed by atoms with E-state index in [2.05, 4.69) is 5.32 Å². The lowest BCUT2D eigenvalue weighted by Crippen LogP contribution is -2.54. The van der Waals surface area contributed by atoms with E-state index < -0.39 is 22.8 Å². The molecule has 0 aliphatic carbocycles. The molecule has 1 fully saturated rings. The van der Waals surface area contributed by atoms with Crippen molar-refractivity contribution in [2.45, 2.75) is 26.9 Å². The average molecular weight is 550 g/mol. The molecule has 0 aromatic heterocycles. The molecule has 200 valence electrons. The lowest BCUT2D eigenvalue weighted by atomic mass is 10.1. The fourth-order valence-corrected chi connectivity index (χ4v) is 4.16. The molecular formula is C28H24ClN3O7. The van der Waals surface area contributed by atoms with Crippen molar-refractivity contribution in [3.05, 3.63) is 98.1 Å². The molecule has 3 aromatic rings. The van der Waals surface area contributed by atoms with Gasteiger partial charge in [-0.15, -0.1) is 0 Å². The molecule has 1 aliphatic heterocycles. The summed E-state index contributed by atoms with van der Waals surface area (Å²) in [6.07, 6.45) is 2.12. The Bertz CT molecular complexity index is 1470. The first-order valence-corrected chi connectivity index (χ1v) is 12.4. The zero-order valence-corrected chi connectivity index (χ0v) is 21.9. The smallest absolute Gasteiger partial charge is 0.335 e. The average Bonchev–Trinajstić information content (AvgIpc) is 2.91. The number of nitrogens with zero attached hydrogens (tertiary/aromatic N) is 2. The Morgan fingerprint density at radius 2 is 1.64 bits per heavy atom. The number of nitro groups is 1. The van der Waals surface area contributed by atoms with Gasteiger partial charge in [-0.3, -0.25) is 25.0 Å². The molecule has 1 heterocycles. The normalized spacial score (nSPS) is 14.4. The van der Waals surface area contributed by atoms with Gasteiger partial charge in [0.15, 0.2) is 11.5 Å². The van der Waals surface area contributed by atoms with E-state index >= 15 is 0 Å². The number of urea groups is 1. The molecule has 39 heavy (non-hydrogen) atoms. The molecule has 4 amide bonds. The first-order valence-electron chi connectivity index (χ1n) is 12.0. The summed E-state index contributed by atoms with van der Waals surface area (Å²) in [5, 5.41) is 13.2. The highest BCUT2D eigenvalue weighted by molar-refractivity contribution is 6.39. The number of nitrogens with one attached hydrogen (secondary N) is 1. The third-order valence-electron chi connectivity index (χ3n) is 5.88. The molecule has 0 spiro atoms. The van der Waals surface area contributed by atoms with Crippen LogP contribution in [0.25, 0.3) is 6.08 Å². The van der Waals surface area contributed by atoms with Gasteiger partial charge >= 0.3 is 6.03 Å². The van der Waals surface area contributed by atoms with Crippen molar-refractivity contribution >= 4 is 46.9 Å². The van der Waals surface area contributed by atoms with Gasteiger partial charge in [-0.2, -0.15) is 0 Å². The molecule has 4 rings (SSSR count). The summed E-state index contributed by atoms with van der Waals surface area (Å²) < 4.78 is 11.5. The lowest BCUT2D eigenvalue weighted by Gasteiger charge is -2.26. The maximum Gasteiger partial charge on any atom is 0.335 e. The zero-order chi connectivity index (χ0) is 28.1. The van der Waals surface area contributed by atoms with E-state index in [1.807, 2.05) is 6.92 Å². The van der Waals surface area contributed by atoms with Gasteiger partial charge in [0, 0.05) is 12.1 Å². The topological polar surface area (TPSA) is 128 Å². The zero-order valence-electron chi connectivity index (χ0n) is 21.1. The predicted molar refractivity (Wildman–Crippen MR) is 145 cm³/mol. The second-order valence-corrected chi connectivity index (χ2v) is 8.86. The Balaban J connectivity index is 1.62. The number of ether oxygens (including phenoxy) is 2. The fourth-order valence-electron chi connectivity index (χ4n) is 3.88. The molecule has 3 aromatic carbocycles. The highest BCUT2D eigenvalue weighted by Crippen LogP contribution is 2.38. The van der Waals surface area contributed by atoms with E-state index in [4.69, 9.17) is 21.1 Å². The Labute approximate surface area is 228 Å². The molecule has 1 N–H and O–H groups in total. The summed E-state index contributed by atoms with van der Waals surface area (Å²) in [6, 6.07) is 15.0. The van der Waals surface area contributed by atoms with Crippen molar-refractivity contribution < 1.29 is 28.8 Å². The summed E-state index contributed by atoms with van der Waals surface area (Å²) in [4.78, 5) is 49.6. The van der Waals surface area contributed by atoms with E-state index in [9.17, 15) is 24.5 Å². The molecule has 0 radical (unpaired) electrons. The number of rotatable bonds is 9. The summed E-state index contributed by atoms with van der Waals surface area (Å²) in [7, 11) is 0. The van der Waals surface area contributed by atoms with Crippen LogP contribution < -0.4 is 19.7 Å². The number of carbonyl (C=O) groups is 3. The standard InChI is InChI=1S/C28H24ClN3O7/c1-3-17-5-9-20(10-6-17)31-27(34)22(26(33)30-28(31)35)13-19-14-23(29)25(24(15-19)38-4-2)39-16-18-7-11-21(12-8-18)32(36)37/h5-15H,3-4,16H2,1-2H3,(H,30,33,35)/b22-13-. The van der Waals surface area contributed by atoms with Crippen LogP contribution in [-0.4, -0.2) is 29.4 Å². The molecule has 0 bridgehead atoms. The summed E-state index contributed by atoms with van der Waals surface area (Å²) in [5.74, 6) is -1.11. The SMILES string of the molecule is CCOc1cc(/C=C2/C(=O)NC(=O)N(c3ccc(CC)cc3)C2=O)cc(Cl)c1OCc1ccc([N+](=O)[O-])cc1. The van der Waals surface area contributed by atoms with Gasteiger partial charge in [0.05, 0.1) is 22.2 Å². The van der Waals surface area contributed by atoms with Crippen LogP contribution in [0.3, 0.4) is 0 Å². The third-order valence-corrected chi connectivity index (χ3v) is 6.16. The number of benzene rings is 3. The van der Waals surface area contributed by atoms with E-state index in [-0.39, 0.29) is 41.0 Å².